The second kappa shape index (κ2) is 11.0. The molecule has 0 bridgehead atoms. The zero-order chi connectivity index (χ0) is 38.8. The van der Waals surface area contributed by atoms with Crippen LogP contribution in [0.3, 0.4) is 0 Å². The van der Waals surface area contributed by atoms with Gasteiger partial charge in [-0.25, -0.2) is 4.98 Å². The minimum atomic E-state index is 0.659. The fourth-order valence-electron chi connectivity index (χ4n) is 10.7. The van der Waals surface area contributed by atoms with Gasteiger partial charge < -0.3 is 4.40 Å². The topological polar surface area (TPSA) is 40.0 Å². The van der Waals surface area contributed by atoms with Gasteiger partial charge in [0, 0.05) is 53.2 Å². The van der Waals surface area contributed by atoms with E-state index in [0.717, 1.165) is 38.0 Å². The van der Waals surface area contributed by atoms with Gasteiger partial charge in [0.25, 0.3) is 0 Å². The van der Waals surface area contributed by atoms with E-state index in [1.165, 1.54) is 91.4 Å². The molecule has 6 aromatic heterocycles. The molecule has 0 aliphatic heterocycles. The van der Waals surface area contributed by atoms with Crippen LogP contribution in [0, 0.1) is 0 Å². The van der Waals surface area contributed by atoms with Crippen LogP contribution in [0.5, 0.6) is 0 Å². The van der Waals surface area contributed by atoms with E-state index in [1.54, 1.807) is 11.3 Å². The molecule has 6 heterocycles. The van der Waals surface area contributed by atoms with Crippen LogP contribution in [0.15, 0.2) is 176 Å². The minimum Gasteiger partial charge on any atom is -0.308 e. The Morgan fingerprint density at radius 1 is 0.367 bits per heavy atom. The van der Waals surface area contributed by atoms with Crippen molar-refractivity contribution in [3.63, 3.8) is 0 Å². The highest BCUT2D eigenvalue weighted by Crippen LogP contribution is 2.48. The largest absolute Gasteiger partial charge is 0.308 e. The first-order valence-electron chi connectivity index (χ1n) is 20.4. The molecule has 5 nitrogen and oxygen atoms in total. The first-order chi connectivity index (χ1) is 29.8. The smallest absolute Gasteiger partial charge is 0.237 e. The summed E-state index contributed by atoms with van der Waals surface area (Å²) in [6, 6.07) is 64.3. The molecule has 0 aliphatic carbocycles. The van der Waals surface area contributed by atoms with Crippen molar-refractivity contribution in [1.82, 2.24) is 23.5 Å². The molecule has 9 aromatic carbocycles. The van der Waals surface area contributed by atoms with Gasteiger partial charge in [0.2, 0.25) is 5.95 Å². The van der Waals surface area contributed by atoms with Crippen molar-refractivity contribution in [1.29, 1.82) is 0 Å². The molecule has 276 valence electrons. The molecule has 0 atom stereocenters. The van der Waals surface area contributed by atoms with E-state index in [2.05, 4.69) is 189 Å². The summed E-state index contributed by atoms with van der Waals surface area (Å²) in [6.07, 6.45) is 0. The lowest BCUT2D eigenvalue weighted by Gasteiger charge is -2.13. The highest BCUT2D eigenvalue weighted by atomic mass is 32.1. The Morgan fingerprint density at radius 2 is 0.983 bits per heavy atom. The Balaban J connectivity index is 1.18. The summed E-state index contributed by atoms with van der Waals surface area (Å²) < 4.78 is 9.53. The third kappa shape index (κ3) is 3.78. The summed E-state index contributed by atoms with van der Waals surface area (Å²) in [7, 11) is 0. The second-order valence-corrected chi connectivity index (χ2v) is 17.2. The third-order valence-electron chi connectivity index (χ3n) is 13.1. The number of aromatic nitrogens is 5. The number of para-hydroxylation sites is 3. The highest BCUT2D eigenvalue weighted by molar-refractivity contribution is 7.26. The number of nitrogens with zero attached hydrogens (tertiary/aromatic N) is 5. The lowest BCUT2D eigenvalue weighted by molar-refractivity contribution is 0.977. The van der Waals surface area contributed by atoms with Gasteiger partial charge in [-0.1, -0.05) is 127 Å². The average molecular weight is 780 g/mol. The first-order valence-corrected chi connectivity index (χ1v) is 21.2. The lowest BCUT2D eigenvalue weighted by atomic mass is 10.0. The molecule has 0 aliphatic rings. The summed E-state index contributed by atoms with van der Waals surface area (Å²) in [6.45, 7) is 0. The molecule has 0 N–H and O–H groups in total. The molecule has 15 rings (SSSR count). The molecular weight excluding hydrogens is 751 g/mol. The van der Waals surface area contributed by atoms with Gasteiger partial charge in [0.1, 0.15) is 0 Å². The maximum absolute atomic E-state index is 5.80. The Kier molecular flexibility index (Phi) is 5.74. The summed E-state index contributed by atoms with van der Waals surface area (Å²) in [5.74, 6) is 1.55. The Morgan fingerprint density at radius 3 is 1.80 bits per heavy atom. The minimum absolute atomic E-state index is 0.659. The summed E-state index contributed by atoms with van der Waals surface area (Å²) in [4.78, 5) is 11.4. The zero-order valence-corrected chi connectivity index (χ0v) is 32.7. The Labute approximate surface area is 344 Å². The predicted molar refractivity (Wildman–Crippen MR) is 253 cm³/mol. The quantitative estimate of drug-likeness (QED) is 0.175. The molecule has 6 heteroatoms. The summed E-state index contributed by atoms with van der Waals surface area (Å²) >= 11 is 1.78. The molecule has 0 unspecified atom stereocenters. The standard InChI is InChI=1S/C54H29N5S/c1-2-15-32-28-45-40(27-31(32)14-1)48-50-38(34-17-5-9-21-41(34)57(45)50)29-39-35-18-6-10-22-42(35)59(51(39)48)53-52-49(37-20-8-12-24-46(37)60-52)55-54(56-53)58-43-23-11-7-19-36(43)47-33-16-4-3-13-30(33)25-26-44(47)58/h1-29H. The van der Waals surface area contributed by atoms with E-state index in [-0.39, 0.29) is 0 Å². The third-order valence-corrected chi connectivity index (χ3v) is 14.3. The van der Waals surface area contributed by atoms with Crippen LogP contribution in [0.4, 0.5) is 0 Å². The van der Waals surface area contributed by atoms with Gasteiger partial charge in [-0.2, -0.15) is 4.98 Å². The molecule has 0 saturated carbocycles. The monoisotopic (exact) mass is 779 g/mol. The average Bonchev–Trinajstić information content (AvgIpc) is 4.10. The van der Waals surface area contributed by atoms with Crippen LogP contribution in [0.1, 0.15) is 0 Å². The van der Waals surface area contributed by atoms with Gasteiger partial charge >= 0.3 is 0 Å². The van der Waals surface area contributed by atoms with E-state index < -0.39 is 0 Å². The molecule has 0 amide bonds. The second-order valence-electron chi connectivity index (χ2n) is 16.1. The fourth-order valence-corrected chi connectivity index (χ4v) is 11.8. The van der Waals surface area contributed by atoms with Crippen molar-refractivity contribution in [2.24, 2.45) is 0 Å². The van der Waals surface area contributed by atoms with E-state index >= 15 is 0 Å². The van der Waals surface area contributed by atoms with Crippen molar-refractivity contribution >= 4 is 135 Å². The normalized spacial score (nSPS) is 12.7. The van der Waals surface area contributed by atoms with Crippen molar-refractivity contribution in [2.45, 2.75) is 0 Å². The number of fused-ring (bicyclic) bond motifs is 19. The van der Waals surface area contributed by atoms with Crippen molar-refractivity contribution in [3.8, 4) is 11.8 Å². The van der Waals surface area contributed by atoms with Crippen molar-refractivity contribution in [2.75, 3.05) is 0 Å². The maximum Gasteiger partial charge on any atom is 0.237 e. The molecule has 0 radical (unpaired) electrons. The number of hydrogen-bond acceptors (Lipinski definition) is 3. The highest BCUT2D eigenvalue weighted by Gasteiger charge is 2.28. The Hall–Kier alpha value is -7.80. The zero-order valence-electron chi connectivity index (χ0n) is 31.9. The van der Waals surface area contributed by atoms with Crippen LogP contribution in [0.2, 0.25) is 0 Å². The van der Waals surface area contributed by atoms with Crippen molar-refractivity contribution < 1.29 is 0 Å². The predicted octanol–water partition coefficient (Wildman–Crippen LogP) is 14.5. The van der Waals surface area contributed by atoms with Gasteiger partial charge in [-0.05, 0) is 70.1 Å². The molecule has 60 heavy (non-hydrogen) atoms. The lowest BCUT2D eigenvalue weighted by Crippen LogP contribution is -2.06. The first kappa shape index (κ1) is 31.2. The number of rotatable bonds is 2. The van der Waals surface area contributed by atoms with E-state index in [9.17, 15) is 0 Å². The molecule has 0 spiro atoms. The Bertz CT molecular complexity index is 4370. The van der Waals surface area contributed by atoms with Crippen LogP contribution in [0.25, 0.3) is 135 Å². The van der Waals surface area contributed by atoms with E-state index in [4.69, 9.17) is 9.97 Å². The fraction of sp³-hybridized carbons (Fsp3) is 0. The van der Waals surface area contributed by atoms with Crippen LogP contribution in [-0.2, 0) is 0 Å². The van der Waals surface area contributed by atoms with E-state index in [1.807, 2.05) is 0 Å². The number of thiophene rings is 1. The van der Waals surface area contributed by atoms with Crippen LogP contribution < -0.4 is 0 Å². The molecule has 0 fully saturated rings. The summed E-state index contributed by atoms with van der Waals surface area (Å²) in [5.41, 5.74) is 9.11. The maximum atomic E-state index is 5.80. The van der Waals surface area contributed by atoms with Gasteiger partial charge in [-0.3, -0.25) is 9.13 Å². The SMILES string of the molecule is c1ccc2cc3c(cc2c1)c1c2c(cc4c5ccccc5n3c41)c1ccccc1n2-c1nc(-n2c3ccccc3c3c4ccccc4ccc32)nc2c1sc1ccccc12. The van der Waals surface area contributed by atoms with E-state index in [0.29, 0.717) is 5.95 Å². The number of benzene rings is 9. The van der Waals surface area contributed by atoms with Gasteiger partial charge in [0.05, 0.1) is 48.8 Å². The molecular formula is C54H29N5S. The summed E-state index contributed by atoms with van der Waals surface area (Å²) in [5, 5.41) is 15.9. The molecule has 0 saturated heterocycles. The van der Waals surface area contributed by atoms with Gasteiger partial charge in [-0.15, -0.1) is 11.3 Å². The number of hydrogen-bond donors (Lipinski definition) is 0. The van der Waals surface area contributed by atoms with Crippen molar-refractivity contribution in [3.05, 3.63) is 176 Å². The van der Waals surface area contributed by atoms with Gasteiger partial charge in [0.15, 0.2) is 5.82 Å². The molecule has 15 aromatic rings. The van der Waals surface area contributed by atoms with Crippen LogP contribution in [-0.4, -0.2) is 23.5 Å². The van der Waals surface area contributed by atoms with Crippen LogP contribution >= 0.6 is 11.3 Å².